The molecule has 0 radical (unpaired) electrons. The lowest BCUT2D eigenvalue weighted by Crippen LogP contribution is -2.38. The van der Waals surface area contributed by atoms with Gasteiger partial charge in [-0.1, -0.05) is 0 Å². The van der Waals surface area contributed by atoms with Crippen LogP contribution in [0.5, 0.6) is 0 Å². The monoisotopic (exact) mass is 320 g/mol. The molecule has 0 spiro atoms. The fraction of sp³-hybridized carbons (Fsp3) is 0.667. The standard InChI is InChI=1S/C15H20N4O2S/c20-14-12-9-16-15(18-3-5-21-6-4-18)17-13(12)10-19(14)11-1-7-22-8-2-11/h9,11H,1-8,10H2. The van der Waals surface area contributed by atoms with Gasteiger partial charge in [-0.15, -0.1) is 0 Å². The Balaban J connectivity index is 1.54. The van der Waals surface area contributed by atoms with Gasteiger partial charge in [0.2, 0.25) is 5.95 Å². The van der Waals surface area contributed by atoms with Gasteiger partial charge >= 0.3 is 0 Å². The van der Waals surface area contributed by atoms with Crippen molar-refractivity contribution in [3.8, 4) is 0 Å². The maximum Gasteiger partial charge on any atom is 0.257 e. The van der Waals surface area contributed by atoms with Crippen LogP contribution in [0.4, 0.5) is 5.95 Å². The van der Waals surface area contributed by atoms with Crippen LogP contribution < -0.4 is 4.90 Å². The molecule has 3 aliphatic heterocycles. The topological polar surface area (TPSA) is 58.6 Å². The number of nitrogens with zero attached hydrogens (tertiary/aromatic N) is 4. The summed E-state index contributed by atoms with van der Waals surface area (Å²) < 4.78 is 5.37. The van der Waals surface area contributed by atoms with Crippen molar-refractivity contribution in [3.63, 3.8) is 0 Å². The molecule has 22 heavy (non-hydrogen) atoms. The zero-order valence-electron chi connectivity index (χ0n) is 12.5. The van der Waals surface area contributed by atoms with E-state index in [0.717, 1.165) is 49.1 Å². The Hall–Kier alpha value is -1.34. The van der Waals surface area contributed by atoms with Crippen LogP contribution in [-0.4, -0.2) is 64.6 Å². The Morgan fingerprint density at radius 2 is 2.00 bits per heavy atom. The number of hydrogen-bond acceptors (Lipinski definition) is 6. The molecule has 4 rings (SSSR count). The fourth-order valence-electron chi connectivity index (χ4n) is 3.30. The Bertz CT molecular complexity index is 571. The average molecular weight is 320 g/mol. The van der Waals surface area contributed by atoms with Crippen molar-refractivity contribution < 1.29 is 9.53 Å². The molecule has 0 bridgehead atoms. The van der Waals surface area contributed by atoms with Crippen LogP contribution in [0.25, 0.3) is 0 Å². The maximum atomic E-state index is 12.6. The molecule has 2 fully saturated rings. The van der Waals surface area contributed by atoms with Crippen LogP contribution in [0.15, 0.2) is 6.20 Å². The van der Waals surface area contributed by atoms with Gasteiger partial charge in [0.1, 0.15) is 0 Å². The Morgan fingerprint density at radius 3 is 2.77 bits per heavy atom. The summed E-state index contributed by atoms with van der Waals surface area (Å²) in [5.74, 6) is 3.14. The lowest BCUT2D eigenvalue weighted by atomic mass is 10.1. The summed E-state index contributed by atoms with van der Waals surface area (Å²) in [5, 5.41) is 0. The van der Waals surface area contributed by atoms with Gasteiger partial charge in [-0.25, -0.2) is 9.97 Å². The number of morpholine rings is 1. The van der Waals surface area contributed by atoms with Crippen molar-refractivity contribution in [2.24, 2.45) is 0 Å². The zero-order chi connectivity index (χ0) is 14.9. The van der Waals surface area contributed by atoms with E-state index in [1.54, 1.807) is 6.20 Å². The molecular formula is C15H20N4O2S. The van der Waals surface area contributed by atoms with E-state index in [1.165, 1.54) is 0 Å². The first kappa shape index (κ1) is 14.3. The van der Waals surface area contributed by atoms with Gasteiger partial charge in [0.05, 0.1) is 31.0 Å². The number of amides is 1. The molecule has 118 valence electrons. The van der Waals surface area contributed by atoms with Crippen LogP contribution >= 0.6 is 11.8 Å². The predicted octanol–water partition coefficient (Wildman–Crippen LogP) is 1.16. The smallest absolute Gasteiger partial charge is 0.257 e. The number of fused-ring (bicyclic) bond motifs is 1. The molecule has 1 aromatic rings. The van der Waals surface area contributed by atoms with Crippen LogP contribution in [-0.2, 0) is 11.3 Å². The lowest BCUT2D eigenvalue weighted by Gasteiger charge is -2.30. The number of carbonyl (C=O) groups excluding carboxylic acids is 1. The quantitative estimate of drug-likeness (QED) is 0.815. The first-order valence-electron chi connectivity index (χ1n) is 7.90. The summed E-state index contributed by atoms with van der Waals surface area (Å²) >= 11 is 1.98. The molecule has 0 atom stereocenters. The Kier molecular flexibility index (Phi) is 3.92. The van der Waals surface area contributed by atoms with E-state index in [0.29, 0.717) is 31.4 Å². The highest BCUT2D eigenvalue weighted by atomic mass is 32.2. The third kappa shape index (κ3) is 2.56. The van der Waals surface area contributed by atoms with E-state index in [1.807, 2.05) is 16.7 Å². The predicted molar refractivity (Wildman–Crippen MR) is 85.3 cm³/mol. The summed E-state index contributed by atoms with van der Waals surface area (Å²) in [4.78, 5) is 25.8. The zero-order valence-corrected chi connectivity index (χ0v) is 13.3. The van der Waals surface area contributed by atoms with Gasteiger partial charge in [0.15, 0.2) is 0 Å². The van der Waals surface area contributed by atoms with E-state index in [2.05, 4.69) is 14.9 Å². The lowest BCUT2D eigenvalue weighted by molar-refractivity contribution is 0.0692. The second-order valence-corrected chi connectivity index (χ2v) is 7.13. The highest BCUT2D eigenvalue weighted by Gasteiger charge is 2.35. The van der Waals surface area contributed by atoms with Gasteiger partial charge in [0, 0.05) is 25.3 Å². The van der Waals surface area contributed by atoms with Crippen molar-refractivity contribution in [1.82, 2.24) is 14.9 Å². The van der Waals surface area contributed by atoms with Gasteiger partial charge < -0.3 is 14.5 Å². The van der Waals surface area contributed by atoms with Crippen LogP contribution in [0.3, 0.4) is 0 Å². The largest absolute Gasteiger partial charge is 0.378 e. The number of aromatic nitrogens is 2. The molecular weight excluding hydrogens is 300 g/mol. The Morgan fingerprint density at radius 1 is 1.23 bits per heavy atom. The van der Waals surface area contributed by atoms with Crippen LogP contribution in [0, 0.1) is 0 Å². The average Bonchev–Trinajstić information content (AvgIpc) is 2.93. The first-order valence-corrected chi connectivity index (χ1v) is 9.06. The van der Waals surface area contributed by atoms with Gasteiger partial charge in [-0.3, -0.25) is 4.79 Å². The minimum Gasteiger partial charge on any atom is -0.378 e. The summed E-state index contributed by atoms with van der Waals surface area (Å²) in [6.45, 7) is 3.70. The highest BCUT2D eigenvalue weighted by molar-refractivity contribution is 7.99. The summed E-state index contributed by atoms with van der Waals surface area (Å²) in [7, 11) is 0. The molecule has 6 nitrogen and oxygen atoms in total. The second kappa shape index (κ2) is 6.04. The van der Waals surface area contributed by atoms with Crippen LogP contribution in [0.2, 0.25) is 0 Å². The summed E-state index contributed by atoms with van der Waals surface area (Å²) in [5.41, 5.74) is 1.58. The number of rotatable bonds is 2. The third-order valence-corrected chi connectivity index (χ3v) is 5.64. The highest BCUT2D eigenvalue weighted by Crippen LogP contribution is 2.30. The number of anilines is 1. The minimum absolute atomic E-state index is 0.112. The minimum atomic E-state index is 0.112. The Labute approximate surface area is 134 Å². The number of ether oxygens (including phenoxy) is 1. The SMILES string of the molecule is O=C1c2cnc(N3CCOCC3)nc2CN1C1CCSCC1. The molecule has 1 aromatic heterocycles. The summed E-state index contributed by atoms with van der Waals surface area (Å²) in [6.07, 6.45) is 3.90. The fourth-order valence-corrected chi connectivity index (χ4v) is 4.38. The molecule has 0 aromatic carbocycles. The van der Waals surface area contributed by atoms with Gasteiger partial charge in [-0.05, 0) is 24.3 Å². The van der Waals surface area contributed by atoms with Crippen molar-refractivity contribution >= 4 is 23.6 Å². The molecule has 7 heteroatoms. The van der Waals surface area contributed by atoms with Crippen molar-refractivity contribution in [3.05, 3.63) is 17.5 Å². The maximum absolute atomic E-state index is 12.6. The molecule has 0 aliphatic carbocycles. The molecule has 2 saturated heterocycles. The van der Waals surface area contributed by atoms with E-state index in [4.69, 9.17) is 4.74 Å². The number of carbonyl (C=O) groups is 1. The van der Waals surface area contributed by atoms with Gasteiger partial charge in [-0.2, -0.15) is 11.8 Å². The van der Waals surface area contributed by atoms with Crippen molar-refractivity contribution in [1.29, 1.82) is 0 Å². The molecule has 1 amide bonds. The number of thioether (sulfide) groups is 1. The third-order valence-electron chi connectivity index (χ3n) is 4.59. The van der Waals surface area contributed by atoms with Crippen LogP contribution in [0.1, 0.15) is 28.9 Å². The molecule has 3 aliphatic rings. The second-order valence-electron chi connectivity index (χ2n) is 5.91. The van der Waals surface area contributed by atoms with E-state index >= 15 is 0 Å². The van der Waals surface area contributed by atoms with E-state index < -0.39 is 0 Å². The normalized spacial score (nSPS) is 23.0. The first-order chi connectivity index (χ1) is 10.8. The van der Waals surface area contributed by atoms with E-state index in [-0.39, 0.29) is 5.91 Å². The number of hydrogen-bond donors (Lipinski definition) is 0. The van der Waals surface area contributed by atoms with Crippen molar-refractivity contribution in [2.75, 3.05) is 42.7 Å². The van der Waals surface area contributed by atoms with Crippen molar-refractivity contribution in [2.45, 2.75) is 25.4 Å². The molecule has 4 heterocycles. The molecule has 0 unspecified atom stereocenters. The molecule has 0 N–H and O–H groups in total. The van der Waals surface area contributed by atoms with Gasteiger partial charge in [0.25, 0.3) is 5.91 Å². The van der Waals surface area contributed by atoms with E-state index in [9.17, 15) is 4.79 Å². The summed E-state index contributed by atoms with van der Waals surface area (Å²) in [6, 6.07) is 0.370. The molecule has 0 saturated carbocycles.